The third kappa shape index (κ3) is 2.79. The molecule has 2 heteroatoms. The minimum atomic E-state index is 0.750. The van der Waals surface area contributed by atoms with E-state index in [1.54, 1.807) is 5.56 Å². The molecule has 1 saturated heterocycles. The number of likely N-dealkylation sites (tertiary alicyclic amines) is 1. The molecule has 0 aliphatic carbocycles. The molecule has 2 nitrogen and oxygen atoms in total. The van der Waals surface area contributed by atoms with Crippen LogP contribution in [-0.4, -0.2) is 31.1 Å². The largest absolute Gasteiger partial charge is 0.493 e. The number of hydrogen-bond acceptors (Lipinski definition) is 2. The van der Waals surface area contributed by atoms with E-state index in [2.05, 4.69) is 36.9 Å². The van der Waals surface area contributed by atoms with Crippen LogP contribution in [0.25, 0.3) is 0 Å². The Morgan fingerprint density at radius 3 is 2.79 bits per heavy atom. The first-order chi connectivity index (χ1) is 9.24. The Labute approximate surface area is 116 Å². The summed E-state index contributed by atoms with van der Waals surface area (Å²) in [5.41, 5.74) is 3.06. The Morgan fingerprint density at radius 1 is 1.26 bits per heavy atom. The van der Waals surface area contributed by atoms with E-state index in [0.29, 0.717) is 0 Å². The van der Waals surface area contributed by atoms with Gasteiger partial charge in [-0.2, -0.15) is 0 Å². The second kappa shape index (κ2) is 5.54. The third-order valence-electron chi connectivity index (χ3n) is 4.43. The van der Waals surface area contributed by atoms with E-state index in [9.17, 15) is 0 Å². The van der Waals surface area contributed by atoms with Gasteiger partial charge in [-0.05, 0) is 49.4 Å². The lowest BCUT2D eigenvalue weighted by Crippen LogP contribution is -2.35. The van der Waals surface area contributed by atoms with Crippen LogP contribution in [0.15, 0.2) is 18.2 Å². The molecule has 0 amide bonds. The second-order valence-corrected chi connectivity index (χ2v) is 6.39. The van der Waals surface area contributed by atoms with E-state index < -0.39 is 0 Å². The molecule has 1 fully saturated rings. The highest BCUT2D eigenvalue weighted by atomic mass is 16.5. The van der Waals surface area contributed by atoms with Gasteiger partial charge in [-0.1, -0.05) is 26.0 Å². The molecule has 0 N–H and O–H groups in total. The van der Waals surface area contributed by atoms with Crippen LogP contribution in [0.2, 0.25) is 0 Å². The molecule has 2 heterocycles. The van der Waals surface area contributed by atoms with Crippen LogP contribution in [0.1, 0.15) is 43.7 Å². The average molecular weight is 259 g/mol. The molecule has 1 aromatic carbocycles. The quantitative estimate of drug-likeness (QED) is 0.824. The predicted molar refractivity (Wildman–Crippen MR) is 78.9 cm³/mol. The molecule has 0 radical (unpaired) electrons. The predicted octanol–water partition coefficient (Wildman–Crippen LogP) is 3.46. The molecule has 0 saturated carbocycles. The maximum atomic E-state index is 5.69. The van der Waals surface area contributed by atoms with Gasteiger partial charge in [0.2, 0.25) is 0 Å². The molecule has 0 aromatic heterocycles. The van der Waals surface area contributed by atoms with Gasteiger partial charge in [0.15, 0.2) is 0 Å². The lowest BCUT2D eigenvalue weighted by molar-refractivity contribution is 0.192. The van der Waals surface area contributed by atoms with E-state index in [1.165, 1.54) is 38.0 Å². The highest BCUT2D eigenvalue weighted by Gasteiger charge is 2.25. The average Bonchev–Trinajstić information content (AvgIpc) is 2.87. The summed E-state index contributed by atoms with van der Waals surface area (Å²) in [5.74, 6) is 2.67. The van der Waals surface area contributed by atoms with Gasteiger partial charge < -0.3 is 9.64 Å². The first-order valence-corrected chi connectivity index (χ1v) is 7.71. The SMILES string of the molecule is CC(C)CN1CCC(c2cccc3c2CCO3)CC1. The first-order valence-electron chi connectivity index (χ1n) is 7.71. The van der Waals surface area contributed by atoms with E-state index in [1.807, 2.05) is 0 Å². The fourth-order valence-electron chi connectivity index (χ4n) is 3.57. The van der Waals surface area contributed by atoms with Crippen LogP contribution in [0.5, 0.6) is 5.75 Å². The minimum absolute atomic E-state index is 0.750. The summed E-state index contributed by atoms with van der Waals surface area (Å²) in [7, 11) is 0. The van der Waals surface area contributed by atoms with Crippen molar-refractivity contribution in [2.24, 2.45) is 5.92 Å². The third-order valence-corrected chi connectivity index (χ3v) is 4.43. The Morgan fingerprint density at radius 2 is 2.05 bits per heavy atom. The maximum absolute atomic E-state index is 5.69. The molecular formula is C17H25NO. The number of hydrogen-bond donors (Lipinski definition) is 0. The number of rotatable bonds is 3. The van der Waals surface area contributed by atoms with Crippen molar-refractivity contribution < 1.29 is 4.74 Å². The van der Waals surface area contributed by atoms with Gasteiger partial charge in [0.1, 0.15) is 5.75 Å². The zero-order valence-electron chi connectivity index (χ0n) is 12.2. The highest BCUT2D eigenvalue weighted by molar-refractivity contribution is 5.44. The summed E-state index contributed by atoms with van der Waals surface area (Å²) >= 11 is 0. The van der Waals surface area contributed by atoms with Crippen LogP contribution in [-0.2, 0) is 6.42 Å². The number of piperidine rings is 1. The molecule has 0 bridgehead atoms. The monoisotopic (exact) mass is 259 g/mol. The summed E-state index contributed by atoms with van der Waals surface area (Å²) in [4.78, 5) is 2.63. The molecule has 2 aliphatic rings. The Balaban J connectivity index is 1.67. The molecule has 0 spiro atoms. The van der Waals surface area contributed by atoms with Crippen molar-refractivity contribution >= 4 is 0 Å². The zero-order chi connectivity index (χ0) is 13.2. The topological polar surface area (TPSA) is 12.5 Å². The van der Waals surface area contributed by atoms with Crippen LogP contribution in [0.3, 0.4) is 0 Å². The molecule has 3 rings (SSSR count). The molecule has 104 valence electrons. The normalized spacial score (nSPS) is 20.6. The van der Waals surface area contributed by atoms with E-state index in [4.69, 9.17) is 4.74 Å². The van der Waals surface area contributed by atoms with Gasteiger partial charge >= 0.3 is 0 Å². The summed E-state index contributed by atoms with van der Waals surface area (Å²) < 4.78 is 5.69. The number of fused-ring (bicyclic) bond motifs is 1. The summed E-state index contributed by atoms with van der Waals surface area (Å²) in [6.07, 6.45) is 3.73. The Bertz CT molecular complexity index is 433. The van der Waals surface area contributed by atoms with Crippen LogP contribution >= 0.6 is 0 Å². The first kappa shape index (κ1) is 13.0. The lowest BCUT2D eigenvalue weighted by atomic mass is 9.85. The van der Waals surface area contributed by atoms with Crippen molar-refractivity contribution in [2.75, 3.05) is 26.2 Å². The summed E-state index contributed by atoms with van der Waals surface area (Å²) in [6.45, 7) is 9.27. The molecule has 0 atom stereocenters. The molecule has 2 aliphatic heterocycles. The summed E-state index contributed by atoms with van der Waals surface area (Å²) in [5, 5.41) is 0. The van der Waals surface area contributed by atoms with Crippen molar-refractivity contribution in [2.45, 2.75) is 39.0 Å². The second-order valence-electron chi connectivity index (χ2n) is 6.39. The van der Waals surface area contributed by atoms with Crippen molar-refractivity contribution in [3.05, 3.63) is 29.3 Å². The zero-order valence-corrected chi connectivity index (χ0v) is 12.2. The standard InChI is InChI=1S/C17H25NO/c1-13(2)12-18-9-6-14(7-10-18)15-4-3-5-17-16(15)8-11-19-17/h3-5,13-14H,6-12H2,1-2H3. The maximum Gasteiger partial charge on any atom is 0.122 e. The Hall–Kier alpha value is -1.02. The minimum Gasteiger partial charge on any atom is -0.493 e. The van der Waals surface area contributed by atoms with E-state index in [-0.39, 0.29) is 0 Å². The van der Waals surface area contributed by atoms with Gasteiger partial charge in [-0.25, -0.2) is 0 Å². The van der Waals surface area contributed by atoms with Crippen LogP contribution in [0, 0.1) is 5.92 Å². The van der Waals surface area contributed by atoms with Gasteiger partial charge in [0, 0.05) is 18.5 Å². The van der Waals surface area contributed by atoms with Crippen LogP contribution in [0.4, 0.5) is 0 Å². The molecule has 0 unspecified atom stereocenters. The summed E-state index contributed by atoms with van der Waals surface area (Å²) in [6, 6.07) is 6.62. The number of nitrogens with zero attached hydrogens (tertiary/aromatic N) is 1. The van der Waals surface area contributed by atoms with Gasteiger partial charge in [-0.15, -0.1) is 0 Å². The van der Waals surface area contributed by atoms with Crippen molar-refractivity contribution in [3.8, 4) is 5.75 Å². The van der Waals surface area contributed by atoms with Gasteiger partial charge in [-0.3, -0.25) is 0 Å². The highest BCUT2D eigenvalue weighted by Crippen LogP contribution is 2.36. The van der Waals surface area contributed by atoms with Crippen molar-refractivity contribution in [1.29, 1.82) is 0 Å². The number of ether oxygens (including phenoxy) is 1. The fourth-order valence-corrected chi connectivity index (χ4v) is 3.57. The molecular weight excluding hydrogens is 234 g/mol. The van der Waals surface area contributed by atoms with Crippen molar-refractivity contribution in [1.82, 2.24) is 4.90 Å². The van der Waals surface area contributed by atoms with Gasteiger partial charge in [0.05, 0.1) is 6.61 Å². The van der Waals surface area contributed by atoms with Gasteiger partial charge in [0.25, 0.3) is 0 Å². The van der Waals surface area contributed by atoms with Crippen LogP contribution < -0.4 is 4.74 Å². The van der Waals surface area contributed by atoms with Crippen molar-refractivity contribution in [3.63, 3.8) is 0 Å². The lowest BCUT2D eigenvalue weighted by Gasteiger charge is -2.33. The van der Waals surface area contributed by atoms with E-state index in [0.717, 1.165) is 30.6 Å². The fraction of sp³-hybridized carbons (Fsp3) is 0.647. The smallest absolute Gasteiger partial charge is 0.122 e. The number of benzene rings is 1. The molecule has 1 aromatic rings. The Kier molecular flexibility index (Phi) is 3.79. The molecule has 19 heavy (non-hydrogen) atoms. The van der Waals surface area contributed by atoms with E-state index >= 15 is 0 Å².